The fourth-order valence-corrected chi connectivity index (χ4v) is 3.78. The topological polar surface area (TPSA) is 65.6 Å². The van der Waals surface area contributed by atoms with Crippen LogP contribution in [0.3, 0.4) is 0 Å². The normalized spacial score (nSPS) is 19.2. The van der Waals surface area contributed by atoms with E-state index in [9.17, 15) is 4.79 Å². The van der Waals surface area contributed by atoms with Gasteiger partial charge in [0.15, 0.2) is 0 Å². The van der Waals surface area contributed by atoms with Gasteiger partial charge in [0.25, 0.3) is 0 Å². The van der Waals surface area contributed by atoms with Gasteiger partial charge in [-0.15, -0.1) is 0 Å². The maximum absolute atomic E-state index is 12.3. The smallest absolute Gasteiger partial charge is 0.323 e. The highest BCUT2D eigenvalue weighted by Crippen LogP contribution is 2.32. The van der Waals surface area contributed by atoms with E-state index in [1.807, 2.05) is 30.3 Å². The molecule has 2 aromatic carbocycles. The molecule has 2 aliphatic heterocycles. The molecule has 1 saturated heterocycles. The summed E-state index contributed by atoms with van der Waals surface area (Å²) < 4.78 is 5.12. The number of piperazine rings is 1. The lowest BCUT2D eigenvalue weighted by Crippen LogP contribution is -2.48. The lowest BCUT2D eigenvalue weighted by atomic mass is 9.91. The molecule has 2 heterocycles. The van der Waals surface area contributed by atoms with Crippen molar-refractivity contribution < 1.29 is 9.53 Å². The van der Waals surface area contributed by atoms with Gasteiger partial charge >= 0.3 is 6.03 Å². The second kappa shape index (κ2) is 7.35. The van der Waals surface area contributed by atoms with Crippen molar-refractivity contribution in [3.8, 4) is 5.75 Å². The van der Waals surface area contributed by atoms with Crippen molar-refractivity contribution in [3.05, 3.63) is 53.6 Å². The number of ether oxygens (including phenoxy) is 1. The summed E-state index contributed by atoms with van der Waals surface area (Å²) in [5.41, 5.74) is 4.26. The van der Waals surface area contributed by atoms with Crippen LogP contribution in [0.1, 0.15) is 17.2 Å². The minimum atomic E-state index is -0.244. The number of urea groups is 1. The molecule has 136 valence electrons. The molecule has 3 N–H and O–H groups in total. The second-order valence-corrected chi connectivity index (χ2v) is 6.73. The van der Waals surface area contributed by atoms with Crippen LogP contribution in [0.4, 0.5) is 16.2 Å². The third-order valence-corrected chi connectivity index (χ3v) is 5.13. The Morgan fingerprint density at radius 3 is 2.69 bits per heavy atom. The largest absolute Gasteiger partial charge is 0.497 e. The van der Waals surface area contributed by atoms with E-state index in [1.165, 1.54) is 11.1 Å². The number of carbonyl (C=O) groups is 1. The summed E-state index contributed by atoms with van der Waals surface area (Å²) in [6.07, 6.45) is 1.03. The first-order chi connectivity index (χ1) is 12.7. The molecule has 1 fully saturated rings. The first kappa shape index (κ1) is 16.9. The standard InChI is InChI=1S/C20H24N4O2/c1-26-17-5-2-15(3-6-17)22-20(25)23-16-4-7-18-14(12-16)8-10-24-11-9-21-13-19(18)24/h2-7,12,19,21H,8-11,13H2,1H3,(H2,22,23,25). The third kappa shape index (κ3) is 3.52. The minimum Gasteiger partial charge on any atom is -0.497 e. The number of amides is 2. The molecule has 1 atom stereocenters. The van der Waals surface area contributed by atoms with E-state index >= 15 is 0 Å². The molecule has 4 rings (SSSR count). The SMILES string of the molecule is COc1ccc(NC(=O)Nc2ccc3c(c2)CCN2CCNCC32)cc1. The number of carbonyl (C=O) groups excluding carboxylic acids is 1. The summed E-state index contributed by atoms with van der Waals surface area (Å²) in [6.45, 7) is 4.25. The first-order valence-electron chi connectivity index (χ1n) is 9.02. The van der Waals surface area contributed by atoms with E-state index in [2.05, 4.69) is 33.0 Å². The van der Waals surface area contributed by atoms with Gasteiger partial charge in [-0.3, -0.25) is 4.90 Å². The van der Waals surface area contributed by atoms with Crippen LogP contribution in [0, 0.1) is 0 Å². The quantitative estimate of drug-likeness (QED) is 0.795. The zero-order chi connectivity index (χ0) is 17.9. The number of fused-ring (bicyclic) bond motifs is 3. The van der Waals surface area contributed by atoms with E-state index < -0.39 is 0 Å². The van der Waals surface area contributed by atoms with Crippen LogP contribution in [-0.4, -0.2) is 44.2 Å². The molecule has 0 saturated carbocycles. The molecule has 0 aliphatic carbocycles. The molecule has 2 aliphatic rings. The fraction of sp³-hybridized carbons (Fsp3) is 0.350. The van der Waals surface area contributed by atoms with Gasteiger partial charge in [0.05, 0.1) is 7.11 Å². The predicted octanol–water partition coefficient (Wildman–Crippen LogP) is 2.84. The molecule has 2 amide bonds. The molecule has 1 unspecified atom stereocenters. The monoisotopic (exact) mass is 352 g/mol. The van der Waals surface area contributed by atoms with Crippen molar-refractivity contribution >= 4 is 17.4 Å². The van der Waals surface area contributed by atoms with Crippen molar-refractivity contribution in [2.75, 3.05) is 43.9 Å². The van der Waals surface area contributed by atoms with E-state index in [0.717, 1.165) is 49.7 Å². The number of nitrogens with zero attached hydrogens (tertiary/aromatic N) is 1. The van der Waals surface area contributed by atoms with Crippen molar-refractivity contribution in [1.82, 2.24) is 10.2 Å². The first-order valence-corrected chi connectivity index (χ1v) is 9.02. The van der Waals surface area contributed by atoms with Crippen LogP contribution >= 0.6 is 0 Å². The number of anilines is 2. The Hall–Kier alpha value is -2.57. The van der Waals surface area contributed by atoms with Crippen molar-refractivity contribution in [3.63, 3.8) is 0 Å². The van der Waals surface area contributed by atoms with E-state index in [0.29, 0.717) is 6.04 Å². The maximum Gasteiger partial charge on any atom is 0.323 e. The predicted molar refractivity (Wildman–Crippen MR) is 103 cm³/mol. The van der Waals surface area contributed by atoms with E-state index in [1.54, 1.807) is 7.11 Å². The fourth-order valence-electron chi connectivity index (χ4n) is 3.78. The van der Waals surface area contributed by atoms with Crippen LogP contribution in [0.5, 0.6) is 5.75 Å². The highest BCUT2D eigenvalue weighted by molar-refractivity contribution is 5.99. The number of benzene rings is 2. The Morgan fingerprint density at radius 2 is 1.88 bits per heavy atom. The Bertz CT molecular complexity index is 791. The molecular weight excluding hydrogens is 328 g/mol. The molecule has 0 spiro atoms. The Morgan fingerprint density at radius 1 is 1.12 bits per heavy atom. The number of hydrogen-bond acceptors (Lipinski definition) is 4. The number of methoxy groups -OCH3 is 1. The van der Waals surface area contributed by atoms with Gasteiger partial charge in [0, 0.05) is 43.6 Å². The van der Waals surface area contributed by atoms with Crippen molar-refractivity contribution in [2.45, 2.75) is 12.5 Å². The summed E-state index contributed by atoms with van der Waals surface area (Å²) >= 11 is 0. The average molecular weight is 352 g/mol. The van der Waals surface area contributed by atoms with Crippen LogP contribution in [0.15, 0.2) is 42.5 Å². The zero-order valence-electron chi connectivity index (χ0n) is 14.9. The summed E-state index contributed by atoms with van der Waals surface area (Å²) in [7, 11) is 1.62. The average Bonchev–Trinajstić information content (AvgIpc) is 2.68. The Balaban J connectivity index is 1.43. The van der Waals surface area contributed by atoms with Crippen LogP contribution in [0.25, 0.3) is 0 Å². The van der Waals surface area contributed by atoms with Crippen molar-refractivity contribution in [2.24, 2.45) is 0 Å². The molecule has 2 aromatic rings. The van der Waals surface area contributed by atoms with Gasteiger partial charge in [-0.1, -0.05) is 6.07 Å². The minimum absolute atomic E-state index is 0.244. The van der Waals surface area contributed by atoms with Gasteiger partial charge in [0.1, 0.15) is 5.75 Å². The maximum atomic E-state index is 12.3. The summed E-state index contributed by atoms with van der Waals surface area (Å²) in [4.78, 5) is 14.8. The Kier molecular flexibility index (Phi) is 4.77. The lowest BCUT2D eigenvalue weighted by molar-refractivity contribution is 0.152. The summed E-state index contributed by atoms with van der Waals surface area (Å²) in [5, 5.41) is 9.25. The van der Waals surface area contributed by atoms with Gasteiger partial charge < -0.3 is 20.7 Å². The highest BCUT2D eigenvalue weighted by atomic mass is 16.5. The van der Waals surface area contributed by atoms with Gasteiger partial charge in [-0.2, -0.15) is 0 Å². The molecule has 26 heavy (non-hydrogen) atoms. The second-order valence-electron chi connectivity index (χ2n) is 6.73. The summed E-state index contributed by atoms with van der Waals surface area (Å²) in [5.74, 6) is 0.761. The zero-order valence-corrected chi connectivity index (χ0v) is 14.9. The molecule has 0 bridgehead atoms. The molecule has 6 nitrogen and oxygen atoms in total. The molecule has 0 radical (unpaired) electrons. The van der Waals surface area contributed by atoms with Gasteiger partial charge in [-0.05, 0) is 53.9 Å². The van der Waals surface area contributed by atoms with Gasteiger partial charge in [0.2, 0.25) is 0 Å². The molecule has 0 aromatic heterocycles. The van der Waals surface area contributed by atoms with Crippen LogP contribution in [0.2, 0.25) is 0 Å². The molecule has 6 heteroatoms. The highest BCUT2D eigenvalue weighted by Gasteiger charge is 2.29. The van der Waals surface area contributed by atoms with E-state index in [-0.39, 0.29) is 6.03 Å². The lowest BCUT2D eigenvalue weighted by Gasteiger charge is -2.41. The molecular formula is C20H24N4O2. The number of nitrogens with one attached hydrogen (secondary N) is 3. The summed E-state index contributed by atoms with van der Waals surface area (Å²) in [6, 6.07) is 13.7. The van der Waals surface area contributed by atoms with E-state index in [4.69, 9.17) is 4.74 Å². The van der Waals surface area contributed by atoms with Crippen molar-refractivity contribution in [1.29, 1.82) is 0 Å². The van der Waals surface area contributed by atoms with Crippen LogP contribution < -0.4 is 20.7 Å². The van der Waals surface area contributed by atoms with Crippen LogP contribution in [-0.2, 0) is 6.42 Å². The Labute approximate surface area is 153 Å². The number of hydrogen-bond donors (Lipinski definition) is 3. The third-order valence-electron chi connectivity index (χ3n) is 5.13. The van der Waals surface area contributed by atoms with Gasteiger partial charge in [-0.25, -0.2) is 4.79 Å². The number of rotatable bonds is 3.